The van der Waals surface area contributed by atoms with E-state index in [1.54, 1.807) is 0 Å². The van der Waals surface area contributed by atoms with Gasteiger partial charge >= 0.3 is 0 Å². The lowest BCUT2D eigenvalue weighted by atomic mass is 9.87. The van der Waals surface area contributed by atoms with Crippen molar-refractivity contribution in [1.82, 2.24) is 5.32 Å². The molecule has 0 aromatic heterocycles. The van der Waals surface area contributed by atoms with Gasteiger partial charge in [-0.2, -0.15) is 0 Å². The van der Waals surface area contributed by atoms with Crippen LogP contribution >= 0.6 is 0 Å². The van der Waals surface area contributed by atoms with Crippen LogP contribution in [0.3, 0.4) is 0 Å². The number of hydrogen-bond acceptors (Lipinski definition) is 1. The molecule has 0 spiro atoms. The molecule has 0 saturated carbocycles. The Morgan fingerprint density at radius 3 is 2.06 bits per heavy atom. The number of rotatable bonds is 4. The van der Waals surface area contributed by atoms with E-state index in [9.17, 15) is 0 Å². The van der Waals surface area contributed by atoms with E-state index in [0.29, 0.717) is 5.92 Å². The monoisotopic (exact) mass is 219 g/mol. The molecule has 1 aromatic rings. The van der Waals surface area contributed by atoms with Crippen LogP contribution in [0, 0.1) is 5.92 Å². The molecule has 90 valence electrons. The van der Waals surface area contributed by atoms with Gasteiger partial charge in [-0.1, -0.05) is 58.9 Å². The van der Waals surface area contributed by atoms with Crippen LogP contribution in [0.15, 0.2) is 24.3 Å². The van der Waals surface area contributed by atoms with Gasteiger partial charge in [0, 0.05) is 6.54 Å². The summed E-state index contributed by atoms with van der Waals surface area (Å²) < 4.78 is 0. The minimum atomic E-state index is 0.254. The molecule has 0 unspecified atom stereocenters. The van der Waals surface area contributed by atoms with E-state index in [-0.39, 0.29) is 5.41 Å². The van der Waals surface area contributed by atoms with Crippen molar-refractivity contribution < 1.29 is 0 Å². The highest BCUT2D eigenvalue weighted by molar-refractivity contribution is 5.27. The van der Waals surface area contributed by atoms with Crippen LogP contribution in [-0.4, -0.2) is 6.54 Å². The Balaban J connectivity index is 2.52. The highest BCUT2D eigenvalue weighted by atomic mass is 14.8. The van der Waals surface area contributed by atoms with Crippen LogP contribution in [0.2, 0.25) is 0 Å². The molecule has 0 aliphatic heterocycles. The third kappa shape index (κ3) is 4.36. The molecule has 16 heavy (non-hydrogen) atoms. The molecule has 1 rings (SSSR count). The van der Waals surface area contributed by atoms with Crippen LogP contribution < -0.4 is 5.32 Å². The van der Waals surface area contributed by atoms with Crippen molar-refractivity contribution in [1.29, 1.82) is 0 Å². The highest BCUT2D eigenvalue weighted by Crippen LogP contribution is 2.22. The van der Waals surface area contributed by atoms with Gasteiger partial charge in [-0.3, -0.25) is 0 Å². The molecule has 0 aliphatic rings. The predicted molar refractivity (Wildman–Crippen MR) is 71.7 cm³/mol. The van der Waals surface area contributed by atoms with Gasteiger partial charge in [0.15, 0.2) is 0 Å². The van der Waals surface area contributed by atoms with Crippen molar-refractivity contribution in [3.63, 3.8) is 0 Å². The van der Waals surface area contributed by atoms with Crippen LogP contribution in [0.25, 0.3) is 0 Å². The van der Waals surface area contributed by atoms with Gasteiger partial charge in [-0.15, -0.1) is 0 Å². The third-order valence-corrected chi connectivity index (χ3v) is 2.70. The van der Waals surface area contributed by atoms with Gasteiger partial charge in [0.25, 0.3) is 0 Å². The zero-order valence-corrected chi connectivity index (χ0v) is 11.3. The fraction of sp³-hybridized carbons (Fsp3) is 0.600. The van der Waals surface area contributed by atoms with Gasteiger partial charge in [-0.05, 0) is 29.0 Å². The SMILES string of the molecule is CC(C)CNCc1ccc(C(C)(C)C)cc1. The molecule has 1 aromatic carbocycles. The standard InChI is InChI=1S/C15H25N/c1-12(2)10-16-11-13-6-8-14(9-7-13)15(3,4)5/h6-9,12,16H,10-11H2,1-5H3. The molecule has 0 atom stereocenters. The van der Waals surface area contributed by atoms with Crippen molar-refractivity contribution in [2.75, 3.05) is 6.54 Å². The molecule has 1 N–H and O–H groups in total. The Morgan fingerprint density at radius 1 is 1.06 bits per heavy atom. The van der Waals surface area contributed by atoms with Crippen LogP contribution in [0.1, 0.15) is 45.7 Å². The third-order valence-electron chi connectivity index (χ3n) is 2.70. The number of nitrogens with one attached hydrogen (secondary N) is 1. The molecule has 0 bridgehead atoms. The zero-order valence-electron chi connectivity index (χ0n) is 11.3. The van der Waals surface area contributed by atoms with Gasteiger partial charge in [0.05, 0.1) is 0 Å². The topological polar surface area (TPSA) is 12.0 Å². The van der Waals surface area contributed by atoms with E-state index in [0.717, 1.165) is 13.1 Å². The fourth-order valence-electron chi connectivity index (χ4n) is 1.63. The normalized spacial score (nSPS) is 12.1. The van der Waals surface area contributed by atoms with E-state index in [1.165, 1.54) is 11.1 Å². The molecular weight excluding hydrogens is 194 g/mol. The quantitative estimate of drug-likeness (QED) is 0.813. The molecular formula is C15H25N. The van der Waals surface area contributed by atoms with E-state index >= 15 is 0 Å². The summed E-state index contributed by atoms with van der Waals surface area (Å²) in [4.78, 5) is 0. The Kier molecular flexibility index (Phi) is 4.55. The maximum Gasteiger partial charge on any atom is 0.0205 e. The second-order valence-corrected chi connectivity index (χ2v) is 5.97. The van der Waals surface area contributed by atoms with Crippen molar-refractivity contribution in [2.24, 2.45) is 5.92 Å². The minimum absolute atomic E-state index is 0.254. The van der Waals surface area contributed by atoms with Gasteiger partial charge in [-0.25, -0.2) is 0 Å². The molecule has 0 amide bonds. The van der Waals surface area contributed by atoms with E-state index in [2.05, 4.69) is 64.2 Å². The maximum atomic E-state index is 3.46. The molecule has 0 aliphatic carbocycles. The van der Waals surface area contributed by atoms with Crippen LogP contribution in [0.5, 0.6) is 0 Å². The highest BCUT2D eigenvalue weighted by Gasteiger charge is 2.12. The second kappa shape index (κ2) is 5.49. The summed E-state index contributed by atoms with van der Waals surface area (Å²) in [5.41, 5.74) is 3.03. The van der Waals surface area contributed by atoms with Crippen molar-refractivity contribution in [3.8, 4) is 0 Å². The van der Waals surface area contributed by atoms with Crippen molar-refractivity contribution >= 4 is 0 Å². The molecule has 0 heterocycles. The average Bonchev–Trinajstić information content (AvgIpc) is 2.16. The summed E-state index contributed by atoms with van der Waals surface area (Å²) in [7, 11) is 0. The summed E-state index contributed by atoms with van der Waals surface area (Å²) >= 11 is 0. The first-order chi connectivity index (χ1) is 7.39. The Bertz CT molecular complexity index is 303. The van der Waals surface area contributed by atoms with E-state index in [1.807, 2.05) is 0 Å². The molecule has 0 radical (unpaired) electrons. The summed E-state index contributed by atoms with van der Waals surface area (Å²) in [5, 5.41) is 3.46. The minimum Gasteiger partial charge on any atom is -0.312 e. The molecule has 0 fully saturated rings. The number of hydrogen-bond donors (Lipinski definition) is 1. The van der Waals surface area contributed by atoms with E-state index < -0.39 is 0 Å². The summed E-state index contributed by atoms with van der Waals surface area (Å²) in [6, 6.07) is 8.95. The van der Waals surface area contributed by atoms with Crippen LogP contribution in [0.4, 0.5) is 0 Å². The Labute approximate surface area is 100 Å². The van der Waals surface area contributed by atoms with Crippen molar-refractivity contribution in [2.45, 2.75) is 46.6 Å². The summed E-state index contributed by atoms with van der Waals surface area (Å²) in [6.45, 7) is 13.3. The first-order valence-electron chi connectivity index (χ1n) is 6.19. The summed E-state index contributed by atoms with van der Waals surface area (Å²) in [5.74, 6) is 0.717. The zero-order chi connectivity index (χ0) is 12.2. The maximum absolute atomic E-state index is 3.46. The van der Waals surface area contributed by atoms with Crippen LogP contribution in [-0.2, 0) is 12.0 Å². The Hall–Kier alpha value is -0.820. The largest absolute Gasteiger partial charge is 0.312 e. The first kappa shape index (κ1) is 13.2. The van der Waals surface area contributed by atoms with Crippen molar-refractivity contribution in [3.05, 3.63) is 35.4 Å². The van der Waals surface area contributed by atoms with Gasteiger partial charge < -0.3 is 5.32 Å². The Morgan fingerprint density at radius 2 is 1.62 bits per heavy atom. The molecule has 0 saturated heterocycles. The number of benzene rings is 1. The lowest BCUT2D eigenvalue weighted by Gasteiger charge is -2.19. The molecule has 1 nitrogen and oxygen atoms in total. The fourth-order valence-corrected chi connectivity index (χ4v) is 1.63. The van der Waals surface area contributed by atoms with Gasteiger partial charge in [0.2, 0.25) is 0 Å². The lowest BCUT2D eigenvalue weighted by Crippen LogP contribution is -2.19. The van der Waals surface area contributed by atoms with Gasteiger partial charge in [0.1, 0.15) is 0 Å². The lowest BCUT2D eigenvalue weighted by molar-refractivity contribution is 0.551. The predicted octanol–water partition coefficient (Wildman–Crippen LogP) is 3.73. The first-order valence-corrected chi connectivity index (χ1v) is 6.19. The average molecular weight is 219 g/mol. The smallest absolute Gasteiger partial charge is 0.0205 e. The summed E-state index contributed by atoms with van der Waals surface area (Å²) in [6.07, 6.45) is 0. The second-order valence-electron chi connectivity index (χ2n) is 5.97. The molecule has 1 heteroatoms. The van der Waals surface area contributed by atoms with E-state index in [4.69, 9.17) is 0 Å².